The minimum Gasteiger partial charge on any atom is -0.431 e. The molecule has 2 aromatic heterocycles. The van der Waals surface area contributed by atoms with Gasteiger partial charge >= 0.3 is 0 Å². The molecule has 0 aliphatic heterocycles. The van der Waals surface area contributed by atoms with E-state index in [2.05, 4.69) is 31.1 Å². The van der Waals surface area contributed by atoms with E-state index in [0.29, 0.717) is 16.7 Å². The maximum Gasteiger partial charge on any atom is 0.264 e. The van der Waals surface area contributed by atoms with Crippen LogP contribution in [0.15, 0.2) is 61.5 Å². The zero-order valence-electron chi connectivity index (χ0n) is 10.7. The number of rotatable bonds is 4. The van der Waals surface area contributed by atoms with Crippen molar-refractivity contribution in [2.24, 2.45) is 0 Å². The second kappa shape index (κ2) is 6.28. The second-order valence-electron chi connectivity index (χ2n) is 4.20. The predicted molar refractivity (Wildman–Crippen MR) is 84.1 cm³/mol. The molecule has 2 heterocycles. The van der Waals surface area contributed by atoms with Gasteiger partial charge in [-0.15, -0.1) is 0 Å². The zero-order chi connectivity index (χ0) is 14.7. The fraction of sp³-hybridized carbons (Fsp3) is 0.0714. The maximum atomic E-state index is 10.9. The smallest absolute Gasteiger partial charge is 0.264 e. The topological polar surface area (TPSA) is 71.8 Å². The van der Waals surface area contributed by atoms with Crippen molar-refractivity contribution in [3.63, 3.8) is 0 Å². The average Bonchev–Trinajstić information content (AvgIpc) is 2.96. The van der Waals surface area contributed by atoms with Gasteiger partial charge in [-0.25, -0.2) is 10.1 Å². The number of benzene rings is 1. The number of thioether (sulfide) groups is 1. The number of nitrogens with zero attached hydrogens (tertiary/aromatic N) is 2. The number of halogens is 1. The summed E-state index contributed by atoms with van der Waals surface area (Å²) in [5.41, 5.74) is 1.52. The fourth-order valence-corrected chi connectivity index (χ4v) is 2.80. The van der Waals surface area contributed by atoms with Gasteiger partial charge < -0.3 is 4.42 Å². The summed E-state index contributed by atoms with van der Waals surface area (Å²) >= 11 is 4.85. The van der Waals surface area contributed by atoms with Gasteiger partial charge in [0, 0.05) is 21.9 Å². The van der Waals surface area contributed by atoms with Crippen LogP contribution in [0.3, 0.4) is 0 Å². The Hall–Kier alpha value is -1.86. The Morgan fingerprint density at radius 1 is 1.29 bits per heavy atom. The highest BCUT2D eigenvalue weighted by Crippen LogP contribution is 2.28. The van der Waals surface area contributed by atoms with E-state index in [4.69, 9.17) is 4.42 Å². The Bertz CT molecular complexity index is 795. The van der Waals surface area contributed by atoms with Crippen LogP contribution < -0.4 is 5.56 Å². The summed E-state index contributed by atoms with van der Waals surface area (Å²) in [4.78, 5) is 15.2. The number of hydrogen-bond acceptors (Lipinski definition) is 5. The van der Waals surface area contributed by atoms with Gasteiger partial charge in [-0.05, 0) is 18.2 Å². The molecule has 0 spiro atoms. The number of aromatic nitrogens is 3. The molecule has 1 aromatic carbocycles. The number of aromatic amines is 1. The number of nitrogens with one attached hydrogen (secondary N) is 1. The number of H-pyrrole nitrogens is 1. The van der Waals surface area contributed by atoms with Crippen molar-refractivity contribution in [1.82, 2.24) is 15.2 Å². The Labute approximate surface area is 132 Å². The first-order valence-electron chi connectivity index (χ1n) is 6.10. The standard InChI is InChI=1S/C14H10BrN3O2S/c15-10-3-1-2-9(6-10)12-7-16-14(20-12)21-8-11-4-5-13(19)18-17-11/h1-7H,8H2,(H,18,19). The zero-order valence-corrected chi connectivity index (χ0v) is 13.1. The van der Waals surface area contributed by atoms with Gasteiger partial charge in [-0.3, -0.25) is 4.79 Å². The molecule has 0 saturated heterocycles. The molecule has 5 nitrogen and oxygen atoms in total. The van der Waals surface area contributed by atoms with E-state index in [1.165, 1.54) is 17.8 Å². The van der Waals surface area contributed by atoms with Gasteiger partial charge in [-0.2, -0.15) is 5.10 Å². The Balaban J connectivity index is 1.70. The van der Waals surface area contributed by atoms with Crippen molar-refractivity contribution in [2.75, 3.05) is 0 Å². The number of hydrogen-bond donors (Lipinski definition) is 1. The normalized spacial score (nSPS) is 10.7. The monoisotopic (exact) mass is 363 g/mol. The Morgan fingerprint density at radius 3 is 2.95 bits per heavy atom. The summed E-state index contributed by atoms with van der Waals surface area (Å²) in [6, 6.07) is 11.0. The molecule has 1 N–H and O–H groups in total. The Kier molecular flexibility index (Phi) is 4.21. The molecule has 0 bridgehead atoms. The molecule has 0 amide bonds. The van der Waals surface area contributed by atoms with Gasteiger partial charge in [0.05, 0.1) is 11.9 Å². The van der Waals surface area contributed by atoms with Crippen molar-refractivity contribution >= 4 is 27.7 Å². The lowest BCUT2D eigenvalue weighted by Gasteiger charge is -1.97. The van der Waals surface area contributed by atoms with Gasteiger partial charge in [0.1, 0.15) is 0 Å². The summed E-state index contributed by atoms with van der Waals surface area (Å²) in [7, 11) is 0. The van der Waals surface area contributed by atoms with Crippen molar-refractivity contribution in [3.05, 3.63) is 63.1 Å². The van der Waals surface area contributed by atoms with Crippen molar-refractivity contribution in [3.8, 4) is 11.3 Å². The van der Waals surface area contributed by atoms with E-state index in [-0.39, 0.29) is 5.56 Å². The first-order chi connectivity index (χ1) is 10.2. The van der Waals surface area contributed by atoms with Crippen LogP contribution in [0.25, 0.3) is 11.3 Å². The molecule has 7 heteroatoms. The molecule has 0 atom stereocenters. The van der Waals surface area contributed by atoms with Crippen LogP contribution in [0.1, 0.15) is 5.69 Å². The molecule has 106 valence electrons. The molecule has 0 unspecified atom stereocenters. The van der Waals surface area contributed by atoms with Gasteiger partial charge in [0.25, 0.3) is 10.8 Å². The second-order valence-corrected chi connectivity index (χ2v) is 6.04. The lowest BCUT2D eigenvalue weighted by atomic mass is 10.2. The van der Waals surface area contributed by atoms with Crippen molar-refractivity contribution in [1.29, 1.82) is 0 Å². The number of oxazole rings is 1. The van der Waals surface area contributed by atoms with E-state index in [1.54, 1.807) is 12.3 Å². The minimum atomic E-state index is -0.211. The third-order valence-electron chi connectivity index (χ3n) is 2.67. The molecule has 0 saturated carbocycles. The van der Waals surface area contributed by atoms with E-state index >= 15 is 0 Å². The summed E-state index contributed by atoms with van der Waals surface area (Å²) in [5, 5.41) is 6.90. The van der Waals surface area contributed by atoms with Crippen LogP contribution in [-0.2, 0) is 5.75 Å². The molecular weight excluding hydrogens is 354 g/mol. The van der Waals surface area contributed by atoms with Gasteiger partial charge in [-0.1, -0.05) is 39.8 Å². The SMILES string of the molecule is O=c1ccc(CSc2ncc(-c3cccc(Br)c3)o2)n[nH]1. The molecule has 3 aromatic rings. The average molecular weight is 364 g/mol. The van der Waals surface area contributed by atoms with E-state index in [1.807, 2.05) is 24.3 Å². The third-order valence-corrected chi connectivity index (χ3v) is 4.04. The van der Waals surface area contributed by atoms with Crippen molar-refractivity contribution in [2.45, 2.75) is 11.0 Å². The highest BCUT2D eigenvalue weighted by Gasteiger charge is 2.08. The fourth-order valence-electron chi connectivity index (χ4n) is 1.69. The molecule has 21 heavy (non-hydrogen) atoms. The van der Waals surface area contributed by atoms with Gasteiger partial charge in [0.15, 0.2) is 5.76 Å². The van der Waals surface area contributed by atoms with Crippen LogP contribution in [0, 0.1) is 0 Å². The minimum absolute atomic E-state index is 0.211. The van der Waals surface area contributed by atoms with E-state index in [0.717, 1.165) is 15.7 Å². The lowest BCUT2D eigenvalue weighted by molar-refractivity contribution is 0.466. The van der Waals surface area contributed by atoms with E-state index in [9.17, 15) is 4.79 Å². The van der Waals surface area contributed by atoms with Gasteiger partial charge in [0.2, 0.25) is 0 Å². The van der Waals surface area contributed by atoms with Crippen LogP contribution in [0.2, 0.25) is 0 Å². The highest BCUT2D eigenvalue weighted by atomic mass is 79.9. The van der Waals surface area contributed by atoms with Crippen LogP contribution in [0.5, 0.6) is 0 Å². The quantitative estimate of drug-likeness (QED) is 0.718. The molecule has 0 radical (unpaired) electrons. The third kappa shape index (κ3) is 3.62. The summed E-state index contributed by atoms with van der Waals surface area (Å²) in [5.74, 6) is 1.29. The Morgan fingerprint density at radius 2 is 2.19 bits per heavy atom. The molecule has 3 rings (SSSR count). The molecule has 0 fully saturated rings. The highest BCUT2D eigenvalue weighted by molar-refractivity contribution is 9.10. The van der Waals surface area contributed by atoms with Crippen LogP contribution in [0.4, 0.5) is 0 Å². The molecular formula is C14H10BrN3O2S. The molecule has 0 aliphatic rings. The summed E-state index contributed by atoms with van der Waals surface area (Å²) in [6.07, 6.45) is 1.70. The maximum absolute atomic E-state index is 10.9. The summed E-state index contributed by atoms with van der Waals surface area (Å²) < 4.78 is 6.69. The molecule has 0 aliphatic carbocycles. The first kappa shape index (κ1) is 14.1. The van der Waals surface area contributed by atoms with Crippen LogP contribution >= 0.6 is 27.7 Å². The predicted octanol–water partition coefficient (Wildman–Crippen LogP) is 3.48. The summed E-state index contributed by atoms with van der Waals surface area (Å²) in [6.45, 7) is 0. The lowest BCUT2D eigenvalue weighted by Crippen LogP contribution is -2.06. The largest absolute Gasteiger partial charge is 0.431 e. The van der Waals surface area contributed by atoms with E-state index < -0.39 is 0 Å². The first-order valence-corrected chi connectivity index (χ1v) is 7.88. The van der Waals surface area contributed by atoms with Crippen LogP contribution in [-0.4, -0.2) is 15.2 Å². The van der Waals surface area contributed by atoms with Crippen molar-refractivity contribution < 1.29 is 4.42 Å².